The van der Waals surface area contributed by atoms with Gasteiger partial charge in [0.25, 0.3) is 5.91 Å². The fourth-order valence-electron chi connectivity index (χ4n) is 4.28. The first kappa shape index (κ1) is 24.3. The number of fused-ring (bicyclic) bond motifs is 3. The molecule has 0 bridgehead atoms. The molecule has 0 spiro atoms. The molecule has 2 amide bonds. The standard InChI is InChI=1S/C27H25ClN2O5/c1-15(2)24(26(32)33)30-25(31)16-11-17(28)13-18(12-16)29-27(34)35-14-23-21-9-5-3-7-19(21)20-8-4-6-10-22(20)23/h3-13,15,23-24H,14H2,1-2H3,(H,29,34)(H,30,31)(H,32,33). The summed E-state index contributed by atoms with van der Waals surface area (Å²) in [7, 11) is 0. The average molecular weight is 493 g/mol. The lowest BCUT2D eigenvalue weighted by Crippen LogP contribution is -2.44. The summed E-state index contributed by atoms with van der Waals surface area (Å²) in [5, 5.41) is 14.6. The largest absolute Gasteiger partial charge is 0.480 e. The van der Waals surface area contributed by atoms with Gasteiger partial charge in [-0.05, 0) is 46.4 Å². The average Bonchev–Trinajstić information content (AvgIpc) is 3.14. The first-order chi connectivity index (χ1) is 16.7. The van der Waals surface area contributed by atoms with Crippen molar-refractivity contribution in [3.05, 3.63) is 88.4 Å². The summed E-state index contributed by atoms with van der Waals surface area (Å²) in [4.78, 5) is 36.6. The van der Waals surface area contributed by atoms with Gasteiger partial charge in [-0.1, -0.05) is 74.0 Å². The number of benzene rings is 3. The smallest absolute Gasteiger partial charge is 0.411 e. The Kier molecular flexibility index (Phi) is 7.07. The van der Waals surface area contributed by atoms with Crippen LogP contribution in [0, 0.1) is 5.92 Å². The van der Waals surface area contributed by atoms with Gasteiger partial charge >= 0.3 is 12.1 Å². The number of carbonyl (C=O) groups excluding carboxylic acids is 2. The van der Waals surface area contributed by atoms with Gasteiger partial charge in [-0.15, -0.1) is 0 Å². The van der Waals surface area contributed by atoms with Crippen molar-refractivity contribution in [1.82, 2.24) is 5.32 Å². The second-order valence-corrected chi connectivity index (χ2v) is 9.15. The van der Waals surface area contributed by atoms with Crippen LogP contribution in [-0.2, 0) is 9.53 Å². The van der Waals surface area contributed by atoms with Crippen LogP contribution in [0.3, 0.4) is 0 Å². The highest BCUT2D eigenvalue weighted by Crippen LogP contribution is 2.44. The first-order valence-corrected chi connectivity index (χ1v) is 11.6. The van der Waals surface area contributed by atoms with E-state index in [1.165, 1.54) is 18.2 Å². The minimum absolute atomic E-state index is 0.0853. The Hall–Kier alpha value is -3.84. The third-order valence-electron chi connectivity index (χ3n) is 5.97. The van der Waals surface area contributed by atoms with Gasteiger partial charge in [-0.2, -0.15) is 0 Å². The van der Waals surface area contributed by atoms with Crippen LogP contribution < -0.4 is 10.6 Å². The maximum Gasteiger partial charge on any atom is 0.411 e. The maximum atomic E-state index is 12.6. The van der Waals surface area contributed by atoms with Crippen LogP contribution >= 0.6 is 11.6 Å². The van der Waals surface area contributed by atoms with Gasteiger partial charge in [0.15, 0.2) is 0 Å². The number of hydrogen-bond donors (Lipinski definition) is 3. The van der Waals surface area contributed by atoms with Crippen molar-refractivity contribution in [2.45, 2.75) is 25.8 Å². The Morgan fingerprint density at radius 3 is 2.14 bits per heavy atom. The molecule has 1 aliphatic carbocycles. The number of halogens is 1. The zero-order chi connectivity index (χ0) is 25.1. The van der Waals surface area contributed by atoms with Crippen molar-refractivity contribution in [3.8, 4) is 11.1 Å². The van der Waals surface area contributed by atoms with Crippen LogP contribution in [0.2, 0.25) is 5.02 Å². The number of carboxylic acids is 1. The molecular formula is C27H25ClN2O5. The Morgan fingerprint density at radius 2 is 1.57 bits per heavy atom. The fourth-order valence-corrected chi connectivity index (χ4v) is 4.52. The monoisotopic (exact) mass is 492 g/mol. The van der Waals surface area contributed by atoms with Gasteiger partial charge < -0.3 is 15.2 Å². The van der Waals surface area contributed by atoms with E-state index in [0.29, 0.717) is 0 Å². The van der Waals surface area contributed by atoms with Crippen LogP contribution in [0.15, 0.2) is 66.7 Å². The van der Waals surface area contributed by atoms with Crippen molar-refractivity contribution in [2.24, 2.45) is 5.92 Å². The predicted molar refractivity (Wildman–Crippen MR) is 134 cm³/mol. The third kappa shape index (κ3) is 5.30. The Balaban J connectivity index is 1.44. The zero-order valence-corrected chi connectivity index (χ0v) is 20.0. The van der Waals surface area contributed by atoms with E-state index in [4.69, 9.17) is 16.3 Å². The highest BCUT2D eigenvalue weighted by Gasteiger charge is 2.29. The van der Waals surface area contributed by atoms with Crippen molar-refractivity contribution in [3.63, 3.8) is 0 Å². The molecule has 0 aliphatic heterocycles. The van der Waals surface area contributed by atoms with E-state index in [-0.39, 0.29) is 34.7 Å². The second-order valence-electron chi connectivity index (χ2n) is 8.71. The number of anilines is 1. The number of ether oxygens (including phenoxy) is 1. The van der Waals surface area contributed by atoms with Crippen molar-refractivity contribution in [2.75, 3.05) is 11.9 Å². The van der Waals surface area contributed by atoms with Crippen LogP contribution in [0.4, 0.5) is 10.5 Å². The summed E-state index contributed by atoms with van der Waals surface area (Å²) < 4.78 is 5.54. The molecular weight excluding hydrogens is 468 g/mol. The van der Waals surface area contributed by atoms with Crippen molar-refractivity contribution >= 4 is 35.3 Å². The SMILES string of the molecule is CC(C)C(NC(=O)c1cc(Cl)cc(NC(=O)OCC2c3ccccc3-c3ccccc32)c1)C(=O)O. The van der Waals surface area contributed by atoms with Crippen LogP contribution in [0.25, 0.3) is 11.1 Å². The van der Waals surface area contributed by atoms with E-state index < -0.39 is 24.0 Å². The van der Waals surface area contributed by atoms with Crippen molar-refractivity contribution < 1.29 is 24.2 Å². The van der Waals surface area contributed by atoms with Gasteiger partial charge in [0.05, 0.1) is 0 Å². The van der Waals surface area contributed by atoms with E-state index >= 15 is 0 Å². The maximum absolute atomic E-state index is 12.6. The van der Waals surface area contributed by atoms with Gasteiger partial charge in [0, 0.05) is 22.2 Å². The molecule has 7 nitrogen and oxygen atoms in total. The van der Waals surface area contributed by atoms with Crippen molar-refractivity contribution in [1.29, 1.82) is 0 Å². The summed E-state index contributed by atoms with van der Waals surface area (Å²) in [5.41, 5.74) is 4.84. The van der Waals surface area contributed by atoms with Gasteiger partial charge in [-0.3, -0.25) is 10.1 Å². The summed E-state index contributed by atoms with van der Waals surface area (Å²) in [6, 6.07) is 19.3. The molecule has 3 N–H and O–H groups in total. The number of rotatable bonds is 7. The fraction of sp³-hybridized carbons (Fsp3) is 0.222. The molecule has 1 aliphatic rings. The van der Waals surface area contributed by atoms with E-state index in [9.17, 15) is 19.5 Å². The van der Waals surface area contributed by atoms with Crippen LogP contribution in [0.1, 0.15) is 41.3 Å². The first-order valence-electron chi connectivity index (χ1n) is 11.2. The minimum Gasteiger partial charge on any atom is -0.480 e. The number of carbonyl (C=O) groups is 3. The lowest BCUT2D eigenvalue weighted by Gasteiger charge is -2.18. The van der Waals surface area contributed by atoms with E-state index in [1.54, 1.807) is 13.8 Å². The molecule has 0 radical (unpaired) electrons. The molecule has 0 saturated carbocycles. The number of aliphatic carboxylic acids is 1. The number of hydrogen-bond acceptors (Lipinski definition) is 4. The normalized spacial score (nSPS) is 13.0. The summed E-state index contributed by atoms with van der Waals surface area (Å²) in [6.45, 7) is 3.53. The van der Waals surface area contributed by atoms with E-state index in [0.717, 1.165) is 22.3 Å². The molecule has 3 aromatic rings. The van der Waals surface area contributed by atoms with Crippen LogP contribution in [-0.4, -0.2) is 35.7 Å². The molecule has 180 valence electrons. The lowest BCUT2D eigenvalue weighted by molar-refractivity contribution is -0.140. The van der Waals surface area contributed by atoms with Crippen LogP contribution in [0.5, 0.6) is 0 Å². The number of carboxylic acid groups (broad SMARTS) is 1. The molecule has 1 atom stereocenters. The molecule has 4 rings (SSSR count). The summed E-state index contributed by atoms with van der Waals surface area (Å²) in [5.74, 6) is -2.14. The zero-order valence-electron chi connectivity index (χ0n) is 19.2. The van der Waals surface area contributed by atoms with Gasteiger partial charge in [0.2, 0.25) is 0 Å². The topological polar surface area (TPSA) is 105 Å². The summed E-state index contributed by atoms with van der Waals surface area (Å²) in [6.07, 6.45) is -0.689. The van der Waals surface area contributed by atoms with Gasteiger partial charge in [0.1, 0.15) is 12.6 Å². The highest BCUT2D eigenvalue weighted by molar-refractivity contribution is 6.31. The third-order valence-corrected chi connectivity index (χ3v) is 6.19. The second kappa shape index (κ2) is 10.2. The number of nitrogens with one attached hydrogen (secondary N) is 2. The molecule has 0 saturated heterocycles. The van der Waals surface area contributed by atoms with Gasteiger partial charge in [-0.25, -0.2) is 9.59 Å². The Labute approximate surface area is 208 Å². The summed E-state index contributed by atoms with van der Waals surface area (Å²) >= 11 is 6.14. The molecule has 8 heteroatoms. The quantitative estimate of drug-likeness (QED) is 0.401. The Bertz CT molecular complexity index is 1240. The van der Waals surface area contributed by atoms with E-state index in [1.807, 2.05) is 36.4 Å². The molecule has 0 aromatic heterocycles. The molecule has 0 heterocycles. The molecule has 0 fully saturated rings. The lowest BCUT2D eigenvalue weighted by atomic mass is 9.98. The molecule has 3 aromatic carbocycles. The molecule has 1 unspecified atom stereocenters. The minimum atomic E-state index is -1.13. The number of amides is 2. The van der Waals surface area contributed by atoms with E-state index in [2.05, 4.69) is 22.8 Å². The predicted octanol–water partition coefficient (Wildman–Crippen LogP) is 5.54. The molecule has 35 heavy (non-hydrogen) atoms. The Morgan fingerprint density at radius 1 is 0.971 bits per heavy atom. The highest BCUT2D eigenvalue weighted by atomic mass is 35.5.